The molecule has 0 saturated heterocycles. The first-order valence-electron chi connectivity index (χ1n) is 8.23. The highest BCUT2D eigenvalue weighted by atomic mass is 35.5. The molecule has 6 unspecified atom stereocenters. The van der Waals surface area contributed by atoms with Gasteiger partial charge in [-0.05, 0) is 54.9 Å². The van der Waals surface area contributed by atoms with E-state index < -0.39 is 5.38 Å². The Morgan fingerprint density at radius 2 is 1.86 bits per heavy atom. The molecule has 0 aliphatic heterocycles. The fourth-order valence-electron chi connectivity index (χ4n) is 5.26. The van der Waals surface area contributed by atoms with E-state index in [4.69, 9.17) is 11.6 Å². The van der Waals surface area contributed by atoms with E-state index in [-0.39, 0.29) is 5.91 Å². The van der Waals surface area contributed by atoms with Crippen molar-refractivity contribution in [3.63, 3.8) is 0 Å². The van der Waals surface area contributed by atoms with E-state index in [1.165, 1.54) is 32.1 Å². The molecule has 0 heterocycles. The smallest absolute Gasteiger partial charge is 0.242 e. The molecule has 0 radical (unpaired) electrons. The molecule has 3 aliphatic rings. The maximum Gasteiger partial charge on any atom is 0.242 e. The van der Waals surface area contributed by atoms with Gasteiger partial charge in [0.1, 0.15) is 5.38 Å². The summed E-state index contributed by atoms with van der Waals surface area (Å²) in [6.45, 7) is 0. The summed E-state index contributed by atoms with van der Waals surface area (Å²) in [5, 5.41) is 2.69. The van der Waals surface area contributed by atoms with Crippen LogP contribution in [0, 0.1) is 23.7 Å². The summed E-state index contributed by atoms with van der Waals surface area (Å²) < 4.78 is 0. The number of carbonyl (C=O) groups is 1. The van der Waals surface area contributed by atoms with Crippen LogP contribution in [0.5, 0.6) is 0 Å². The summed E-state index contributed by atoms with van der Waals surface area (Å²) in [6, 6.07) is 10.0. The van der Waals surface area contributed by atoms with Crippen LogP contribution in [0.2, 0.25) is 0 Å². The van der Waals surface area contributed by atoms with Gasteiger partial charge in [-0.15, -0.1) is 11.6 Å². The molecule has 6 atom stereocenters. The second kappa shape index (κ2) is 5.31. The Balaban J connectivity index is 1.42. The summed E-state index contributed by atoms with van der Waals surface area (Å²) in [4.78, 5) is 12.4. The van der Waals surface area contributed by atoms with Crippen LogP contribution >= 0.6 is 11.6 Å². The van der Waals surface area contributed by atoms with E-state index in [2.05, 4.69) is 5.32 Å². The molecule has 112 valence electrons. The highest BCUT2D eigenvalue weighted by molar-refractivity contribution is 6.30. The molecule has 1 amide bonds. The van der Waals surface area contributed by atoms with Gasteiger partial charge in [0.2, 0.25) is 5.91 Å². The van der Waals surface area contributed by atoms with E-state index in [1.54, 1.807) is 0 Å². The standard InChI is InChI=1S/C18H22ClNO/c19-17(11-5-2-1-3-6-11)18(21)20-16-10-12-9-15(16)14-8-4-7-13(12)14/h1-3,5-6,12-17H,4,7-10H2,(H,20,21). The lowest BCUT2D eigenvalue weighted by Crippen LogP contribution is -2.43. The topological polar surface area (TPSA) is 29.1 Å². The lowest BCUT2D eigenvalue weighted by Gasteiger charge is -2.32. The van der Waals surface area contributed by atoms with Crippen LogP contribution in [0.25, 0.3) is 0 Å². The van der Waals surface area contributed by atoms with Crippen LogP contribution in [0.1, 0.15) is 43.0 Å². The molecule has 3 saturated carbocycles. The Bertz CT molecular complexity index is 531. The minimum atomic E-state index is -0.565. The second-order valence-electron chi connectivity index (χ2n) is 7.04. The molecule has 0 spiro atoms. The molecular formula is C18H22ClNO. The average Bonchev–Trinajstić information content (AvgIpc) is 3.19. The van der Waals surface area contributed by atoms with Gasteiger partial charge in [0, 0.05) is 6.04 Å². The van der Waals surface area contributed by atoms with Gasteiger partial charge in [-0.1, -0.05) is 36.8 Å². The van der Waals surface area contributed by atoms with Crippen LogP contribution in [-0.4, -0.2) is 11.9 Å². The van der Waals surface area contributed by atoms with Crippen molar-refractivity contribution in [1.82, 2.24) is 5.32 Å². The minimum Gasteiger partial charge on any atom is -0.351 e. The highest BCUT2D eigenvalue weighted by Crippen LogP contribution is 2.58. The maximum absolute atomic E-state index is 12.4. The van der Waals surface area contributed by atoms with Crippen molar-refractivity contribution in [2.75, 3.05) is 0 Å². The number of alkyl halides is 1. The van der Waals surface area contributed by atoms with E-state index >= 15 is 0 Å². The Labute approximate surface area is 131 Å². The van der Waals surface area contributed by atoms with Crippen molar-refractivity contribution >= 4 is 17.5 Å². The number of carbonyl (C=O) groups excluding carboxylic acids is 1. The number of hydrogen-bond acceptors (Lipinski definition) is 1. The summed E-state index contributed by atoms with van der Waals surface area (Å²) in [6.07, 6.45) is 6.70. The molecule has 2 nitrogen and oxygen atoms in total. The Kier molecular flexibility index (Phi) is 3.45. The maximum atomic E-state index is 12.4. The molecule has 21 heavy (non-hydrogen) atoms. The summed E-state index contributed by atoms with van der Waals surface area (Å²) >= 11 is 6.34. The molecule has 1 N–H and O–H groups in total. The number of fused-ring (bicyclic) bond motifs is 5. The first kappa shape index (κ1) is 13.6. The molecule has 3 aliphatic carbocycles. The van der Waals surface area contributed by atoms with Crippen LogP contribution in [0.15, 0.2) is 30.3 Å². The average molecular weight is 304 g/mol. The molecular weight excluding hydrogens is 282 g/mol. The zero-order chi connectivity index (χ0) is 14.4. The molecule has 2 bridgehead atoms. The normalized spacial score (nSPS) is 38.2. The third kappa shape index (κ3) is 2.28. The second-order valence-corrected chi connectivity index (χ2v) is 7.48. The van der Waals surface area contributed by atoms with Gasteiger partial charge in [0.05, 0.1) is 0 Å². The van der Waals surface area contributed by atoms with Crippen LogP contribution in [-0.2, 0) is 4.79 Å². The fourth-order valence-corrected chi connectivity index (χ4v) is 5.47. The van der Waals surface area contributed by atoms with Gasteiger partial charge >= 0.3 is 0 Å². The Morgan fingerprint density at radius 3 is 2.67 bits per heavy atom. The van der Waals surface area contributed by atoms with Gasteiger partial charge < -0.3 is 5.32 Å². The lowest BCUT2D eigenvalue weighted by molar-refractivity contribution is -0.122. The zero-order valence-electron chi connectivity index (χ0n) is 12.2. The number of amides is 1. The number of hydrogen-bond donors (Lipinski definition) is 1. The summed E-state index contributed by atoms with van der Waals surface area (Å²) in [7, 11) is 0. The molecule has 4 rings (SSSR count). The van der Waals surface area contributed by atoms with Crippen molar-refractivity contribution in [3.8, 4) is 0 Å². The van der Waals surface area contributed by atoms with Crippen LogP contribution in [0.3, 0.4) is 0 Å². The van der Waals surface area contributed by atoms with Gasteiger partial charge in [-0.25, -0.2) is 0 Å². The van der Waals surface area contributed by atoms with E-state index in [1.807, 2.05) is 30.3 Å². The Morgan fingerprint density at radius 1 is 1.10 bits per heavy atom. The van der Waals surface area contributed by atoms with Crippen molar-refractivity contribution in [2.24, 2.45) is 23.7 Å². The predicted octanol–water partition coefficient (Wildman–Crippen LogP) is 3.91. The number of halogens is 1. The third-order valence-electron chi connectivity index (χ3n) is 6.08. The van der Waals surface area contributed by atoms with Crippen molar-refractivity contribution in [2.45, 2.75) is 43.5 Å². The first-order valence-corrected chi connectivity index (χ1v) is 8.67. The predicted molar refractivity (Wildman–Crippen MR) is 84.0 cm³/mol. The summed E-state index contributed by atoms with van der Waals surface area (Å²) in [5.74, 6) is 3.39. The third-order valence-corrected chi connectivity index (χ3v) is 6.53. The van der Waals surface area contributed by atoms with Crippen LogP contribution in [0.4, 0.5) is 0 Å². The zero-order valence-corrected chi connectivity index (χ0v) is 12.9. The van der Waals surface area contributed by atoms with Gasteiger partial charge in [0.25, 0.3) is 0 Å². The molecule has 3 heteroatoms. The van der Waals surface area contributed by atoms with Gasteiger partial charge in [-0.2, -0.15) is 0 Å². The molecule has 1 aromatic rings. The van der Waals surface area contributed by atoms with Crippen molar-refractivity contribution < 1.29 is 4.79 Å². The largest absolute Gasteiger partial charge is 0.351 e. The minimum absolute atomic E-state index is 0.0186. The monoisotopic (exact) mass is 303 g/mol. The van der Waals surface area contributed by atoms with E-state index in [0.29, 0.717) is 12.0 Å². The number of nitrogens with one attached hydrogen (secondary N) is 1. The summed E-state index contributed by atoms with van der Waals surface area (Å²) in [5.41, 5.74) is 0.888. The molecule has 3 fully saturated rings. The number of benzene rings is 1. The molecule has 1 aromatic carbocycles. The quantitative estimate of drug-likeness (QED) is 0.843. The van der Waals surface area contributed by atoms with Crippen molar-refractivity contribution in [3.05, 3.63) is 35.9 Å². The highest BCUT2D eigenvalue weighted by Gasteiger charge is 2.54. The lowest BCUT2D eigenvalue weighted by atomic mass is 9.79. The fraction of sp³-hybridized carbons (Fsp3) is 0.611. The van der Waals surface area contributed by atoms with Crippen molar-refractivity contribution in [1.29, 1.82) is 0 Å². The van der Waals surface area contributed by atoms with Gasteiger partial charge in [-0.3, -0.25) is 4.79 Å². The van der Waals surface area contributed by atoms with Crippen LogP contribution < -0.4 is 5.32 Å². The SMILES string of the molecule is O=C(NC1CC2CC1C1CCCC21)C(Cl)c1ccccc1. The molecule has 0 aromatic heterocycles. The van der Waals surface area contributed by atoms with E-state index in [9.17, 15) is 4.79 Å². The van der Waals surface area contributed by atoms with Gasteiger partial charge in [0.15, 0.2) is 0 Å². The Hall–Kier alpha value is -1.02. The van der Waals surface area contributed by atoms with E-state index in [0.717, 1.165) is 23.3 Å². The number of rotatable bonds is 3. The first-order chi connectivity index (χ1) is 10.2.